The number of aryl methyl sites for hydroxylation is 2. The number of aliphatic hydroxyl groups excluding tert-OH is 1. The van der Waals surface area contributed by atoms with E-state index in [0.717, 1.165) is 29.7 Å². The van der Waals surface area contributed by atoms with Crippen molar-refractivity contribution in [2.75, 3.05) is 25.6 Å². The molecule has 3 aromatic rings. The Bertz CT molecular complexity index is 1260. The predicted molar refractivity (Wildman–Crippen MR) is 138 cm³/mol. The smallest absolute Gasteiger partial charge is 0.333 e. The second kappa shape index (κ2) is 12.9. The fourth-order valence-electron chi connectivity index (χ4n) is 3.63. The van der Waals surface area contributed by atoms with Gasteiger partial charge in [-0.15, -0.1) is 11.3 Å². The lowest BCUT2D eigenvalue weighted by Crippen LogP contribution is -2.33. The zero-order valence-electron chi connectivity index (χ0n) is 20.1. The van der Waals surface area contributed by atoms with Crippen molar-refractivity contribution in [3.05, 3.63) is 69.8 Å². The number of carbonyl (C=O) groups is 1. The third-order valence-electron chi connectivity index (χ3n) is 5.70. The van der Waals surface area contributed by atoms with Crippen molar-refractivity contribution < 1.29 is 27.2 Å². The first-order valence-electron chi connectivity index (χ1n) is 11.3. The van der Waals surface area contributed by atoms with Crippen molar-refractivity contribution >= 4 is 33.2 Å². The van der Waals surface area contributed by atoms with Gasteiger partial charge >= 0.3 is 10.3 Å². The predicted octanol–water partition coefficient (Wildman–Crippen LogP) is 2.58. The first-order chi connectivity index (χ1) is 17.2. The molecule has 0 saturated carbocycles. The summed E-state index contributed by atoms with van der Waals surface area (Å²) in [6.45, 7) is 1.57. The molecule has 2 heterocycles. The Hall–Kier alpha value is -2.90. The lowest BCUT2D eigenvalue weighted by Gasteiger charge is -2.21. The SMILES string of the molecule is CC[C@H](COS(N)(=O)=O)[C@@H](O)CNc1ncncc1C(=O)c1cc(CCc2ccccc2OC)cs1. The van der Waals surface area contributed by atoms with Crippen LogP contribution in [0, 0.1) is 5.92 Å². The monoisotopic (exact) mass is 534 g/mol. The minimum Gasteiger partial charge on any atom is -0.496 e. The number of benzene rings is 1. The second-order valence-corrected chi connectivity index (χ2v) is 10.3. The van der Waals surface area contributed by atoms with E-state index in [2.05, 4.69) is 19.5 Å². The van der Waals surface area contributed by atoms with Gasteiger partial charge in [-0.2, -0.15) is 8.42 Å². The molecule has 0 amide bonds. The molecule has 1 aromatic carbocycles. The normalized spacial score (nSPS) is 13.2. The number of aliphatic hydroxyl groups is 1. The molecule has 0 bridgehead atoms. The maximum absolute atomic E-state index is 13.2. The van der Waals surface area contributed by atoms with Crippen LogP contribution in [0.15, 0.2) is 48.2 Å². The van der Waals surface area contributed by atoms with Crippen molar-refractivity contribution in [2.24, 2.45) is 11.1 Å². The summed E-state index contributed by atoms with van der Waals surface area (Å²) < 4.78 is 32.1. The van der Waals surface area contributed by atoms with Crippen LogP contribution in [0.4, 0.5) is 5.82 Å². The molecule has 12 heteroatoms. The van der Waals surface area contributed by atoms with E-state index in [1.807, 2.05) is 35.7 Å². The second-order valence-electron chi connectivity index (χ2n) is 8.14. The number of ketones is 1. The van der Waals surface area contributed by atoms with E-state index in [1.54, 1.807) is 14.0 Å². The molecule has 0 aliphatic rings. The van der Waals surface area contributed by atoms with Gasteiger partial charge < -0.3 is 15.2 Å². The molecule has 2 atom stereocenters. The standard InChI is InChI=1S/C24H30N4O6S2/c1-3-17(13-34-36(25,31)32)20(29)12-27-24-19(11-26-15-28-24)23(30)22-10-16(14-35-22)8-9-18-6-4-5-7-21(18)33-2/h4-7,10-11,14-15,17,20,29H,3,8-9,12-13H2,1-2H3,(H2,25,31,32)(H,26,27,28)/t17-,20+/m1/s1. The van der Waals surface area contributed by atoms with Gasteiger partial charge in [-0.3, -0.25) is 8.98 Å². The van der Waals surface area contributed by atoms with Crippen LogP contribution in [-0.2, 0) is 27.3 Å². The van der Waals surface area contributed by atoms with E-state index in [9.17, 15) is 18.3 Å². The van der Waals surface area contributed by atoms with Crippen LogP contribution in [0.5, 0.6) is 5.75 Å². The summed E-state index contributed by atoms with van der Waals surface area (Å²) in [6, 6.07) is 9.71. The first-order valence-corrected chi connectivity index (χ1v) is 13.7. The summed E-state index contributed by atoms with van der Waals surface area (Å²) in [5.74, 6) is 0.399. The average Bonchev–Trinajstić information content (AvgIpc) is 3.35. The Kier molecular flexibility index (Phi) is 9.90. The molecular formula is C24H30N4O6S2. The van der Waals surface area contributed by atoms with Crippen LogP contribution in [0.2, 0.25) is 0 Å². The van der Waals surface area contributed by atoms with E-state index in [4.69, 9.17) is 9.88 Å². The number of hydrogen-bond donors (Lipinski definition) is 3. The summed E-state index contributed by atoms with van der Waals surface area (Å²) in [5.41, 5.74) is 2.41. The molecule has 0 saturated heterocycles. The van der Waals surface area contributed by atoms with E-state index >= 15 is 0 Å². The first kappa shape index (κ1) is 27.7. The van der Waals surface area contributed by atoms with Crippen molar-refractivity contribution in [1.29, 1.82) is 0 Å². The Labute approximate surface area is 214 Å². The van der Waals surface area contributed by atoms with Gasteiger partial charge in [-0.1, -0.05) is 25.1 Å². The van der Waals surface area contributed by atoms with Crippen molar-refractivity contribution in [2.45, 2.75) is 32.3 Å². The summed E-state index contributed by atoms with van der Waals surface area (Å²) in [4.78, 5) is 21.9. The van der Waals surface area contributed by atoms with Crippen molar-refractivity contribution in [1.82, 2.24) is 9.97 Å². The molecule has 0 unspecified atom stereocenters. The van der Waals surface area contributed by atoms with Gasteiger partial charge in [0.15, 0.2) is 0 Å². The number of nitrogens with one attached hydrogen (secondary N) is 1. The number of methoxy groups -OCH3 is 1. The summed E-state index contributed by atoms with van der Waals surface area (Å²) in [5, 5.41) is 20.3. The van der Waals surface area contributed by atoms with Crippen molar-refractivity contribution in [3.63, 3.8) is 0 Å². The van der Waals surface area contributed by atoms with E-state index in [0.29, 0.717) is 11.3 Å². The topological polar surface area (TPSA) is 154 Å². The number of para-hydroxylation sites is 1. The van der Waals surface area contributed by atoms with Gasteiger partial charge in [0, 0.05) is 18.7 Å². The van der Waals surface area contributed by atoms with Crippen LogP contribution in [0.25, 0.3) is 0 Å². The summed E-state index contributed by atoms with van der Waals surface area (Å²) in [7, 11) is -2.46. The molecule has 0 fully saturated rings. The summed E-state index contributed by atoms with van der Waals surface area (Å²) in [6.07, 6.45) is 3.77. The van der Waals surface area contributed by atoms with Gasteiger partial charge in [0.2, 0.25) is 5.78 Å². The van der Waals surface area contributed by atoms with Crippen LogP contribution in [-0.4, -0.2) is 55.6 Å². The number of carbonyl (C=O) groups excluding carboxylic acids is 1. The minimum absolute atomic E-state index is 0.0262. The molecule has 0 aliphatic carbocycles. The molecule has 2 aromatic heterocycles. The fourth-order valence-corrected chi connectivity index (χ4v) is 4.90. The van der Waals surface area contributed by atoms with Crippen LogP contribution >= 0.6 is 11.3 Å². The molecule has 10 nitrogen and oxygen atoms in total. The number of rotatable bonds is 14. The zero-order chi connectivity index (χ0) is 26.1. The van der Waals surface area contributed by atoms with Gasteiger partial charge in [-0.05, 0) is 47.9 Å². The highest BCUT2D eigenvalue weighted by atomic mass is 32.2. The molecule has 0 aliphatic heterocycles. The number of aromatic nitrogens is 2. The number of nitrogens with zero attached hydrogens (tertiary/aromatic N) is 2. The van der Waals surface area contributed by atoms with E-state index < -0.39 is 22.3 Å². The van der Waals surface area contributed by atoms with Crippen LogP contribution < -0.4 is 15.2 Å². The van der Waals surface area contributed by atoms with Gasteiger partial charge in [0.25, 0.3) is 0 Å². The Morgan fingerprint density at radius 1 is 1.28 bits per heavy atom. The molecule has 0 radical (unpaired) electrons. The number of anilines is 1. The van der Waals surface area contributed by atoms with Gasteiger partial charge in [-0.25, -0.2) is 15.1 Å². The number of nitrogens with two attached hydrogens (primary N) is 1. The zero-order valence-corrected chi connectivity index (χ0v) is 21.7. The van der Waals surface area contributed by atoms with Gasteiger partial charge in [0.1, 0.15) is 17.9 Å². The molecule has 4 N–H and O–H groups in total. The average molecular weight is 535 g/mol. The molecule has 194 valence electrons. The minimum atomic E-state index is -4.10. The lowest BCUT2D eigenvalue weighted by atomic mass is 10.0. The third-order valence-corrected chi connectivity index (χ3v) is 7.15. The van der Waals surface area contributed by atoms with E-state index in [-0.39, 0.29) is 30.3 Å². The maximum Gasteiger partial charge on any atom is 0.333 e. The lowest BCUT2D eigenvalue weighted by molar-refractivity contribution is 0.0839. The Morgan fingerprint density at radius 2 is 2.06 bits per heavy atom. The Balaban J connectivity index is 1.64. The van der Waals surface area contributed by atoms with Crippen LogP contribution in [0.3, 0.4) is 0 Å². The third kappa shape index (κ3) is 7.80. The fraction of sp³-hybridized carbons (Fsp3) is 0.375. The quantitative estimate of drug-likeness (QED) is 0.265. The van der Waals surface area contributed by atoms with E-state index in [1.165, 1.54) is 23.9 Å². The number of ether oxygens (including phenoxy) is 1. The maximum atomic E-state index is 13.2. The largest absolute Gasteiger partial charge is 0.496 e. The summed E-state index contributed by atoms with van der Waals surface area (Å²) >= 11 is 1.35. The highest BCUT2D eigenvalue weighted by Crippen LogP contribution is 2.25. The molecular weight excluding hydrogens is 504 g/mol. The van der Waals surface area contributed by atoms with Gasteiger partial charge in [0.05, 0.1) is 30.3 Å². The number of hydrogen-bond acceptors (Lipinski definition) is 10. The van der Waals surface area contributed by atoms with Crippen molar-refractivity contribution in [3.8, 4) is 5.75 Å². The molecule has 0 spiro atoms. The highest BCUT2D eigenvalue weighted by Gasteiger charge is 2.22. The van der Waals surface area contributed by atoms with Crippen LogP contribution in [0.1, 0.15) is 39.7 Å². The number of thiophene rings is 1. The molecule has 3 rings (SSSR count). The Morgan fingerprint density at radius 3 is 2.78 bits per heavy atom. The highest BCUT2D eigenvalue weighted by molar-refractivity contribution is 7.84. The molecule has 36 heavy (non-hydrogen) atoms.